The summed E-state index contributed by atoms with van der Waals surface area (Å²) in [7, 11) is 0. The molecule has 0 aliphatic rings. The Bertz CT molecular complexity index is 975. The fraction of sp³-hybridized carbons (Fsp3) is 0.158. The van der Waals surface area contributed by atoms with Crippen molar-refractivity contribution >= 4 is 16.8 Å². The molecule has 3 rings (SSSR count). The minimum atomic E-state index is -0.779. The molecule has 4 nitrogen and oxygen atoms in total. The third-order valence-electron chi connectivity index (χ3n) is 3.91. The number of rotatable bonds is 4. The SMILES string of the molecule is CC(=O)CC(c1cccc(F)c1)c1c(O)c2ccccc2oc1=O. The highest BCUT2D eigenvalue weighted by Crippen LogP contribution is 2.36. The van der Waals surface area contributed by atoms with Gasteiger partial charge >= 0.3 is 5.63 Å². The maximum absolute atomic E-state index is 13.6. The van der Waals surface area contributed by atoms with Crippen LogP contribution < -0.4 is 5.63 Å². The molecule has 24 heavy (non-hydrogen) atoms. The fourth-order valence-corrected chi connectivity index (χ4v) is 2.85. The molecule has 3 aromatic rings. The maximum Gasteiger partial charge on any atom is 0.343 e. The summed E-state index contributed by atoms with van der Waals surface area (Å²) in [6.07, 6.45) is -0.0416. The molecule has 0 bridgehead atoms. The summed E-state index contributed by atoms with van der Waals surface area (Å²) in [4.78, 5) is 24.1. The Morgan fingerprint density at radius 2 is 1.96 bits per heavy atom. The minimum Gasteiger partial charge on any atom is -0.507 e. The van der Waals surface area contributed by atoms with Gasteiger partial charge in [-0.1, -0.05) is 24.3 Å². The second kappa shape index (κ2) is 6.28. The topological polar surface area (TPSA) is 67.5 Å². The van der Waals surface area contributed by atoms with E-state index in [0.717, 1.165) is 0 Å². The van der Waals surface area contributed by atoms with Crippen molar-refractivity contribution in [3.8, 4) is 5.75 Å². The standard InChI is InChI=1S/C19H15FO4/c1-11(21)9-15(12-5-4-6-13(20)10-12)17-18(22)14-7-2-3-8-16(14)24-19(17)23/h2-8,10,15,22H,9H2,1H3. The number of fused-ring (bicyclic) bond motifs is 1. The van der Waals surface area contributed by atoms with E-state index in [1.54, 1.807) is 30.3 Å². The van der Waals surface area contributed by atoms with E-state index in [-0.39, 0.29) is 29.1 Å². The van der Waals surface area contributed by atoms with Crippen LogP contribution in [0.25, 0.3) is 11.0 Å². The van der Waals surface area contributed by atoms with Gasteiger partial charge in [-0.2, -0.15) is 0 Å². The average Bonchev–Trinajstić information content (AvgIpc) is 2.53. The lowest BCUT2D eigenvalue weighted by Crippen LogP contribution is -2.16. The van der Waals surface area contributed by atoms with Gasteiger partial charge in [-0.3, -0.25) is 4.79 Å². The summed E-state index contributed by atoms with van der Waals surface area (Å²) in [6.45, 7) is 1.38. The number of halogens is 1. The minimum absolute atomic E-state index is 0.0329. The van der Waals surface area contributed by atoms with Crippen molar-refractivity contribution < 1.29 is 18.7 Å². The smallest absolute Gasteiger partial charge is 0.343 e. The molecule has 1 atom stereocenters. The van der Waals surface area contributed by atoms with Crippen LogP contribution in [-0.2, 0) is 4.79 Å². The van der Waals surface area contributed by atoms with Gasteiger partial charge in [0.05, 0.1) is 10.9 Å². The van der Waals surface area contributed by atoms with Gasteiger partial charge in [0.1, 0.15) is 22.9 Å². The molecule has 5 heteroatoms. The van der Waals surface area contributed by atoms with Crippen molar-refractivity contribution in [2.45, 2.75) is 19.3 Å². The van der Waals surface area contributed by atoms with E-state index in [9.17, 15) is 19.1 Å². The lowest BCUT2D eigenvalue weighted by Gasteiger charge is -2.17. The number of aromatic hydroxyl groups is 1. The summed E-state index contributed by atoms with van der Waals surface area (Å²) in [5.41, 5.74) is -0.0798. The molecule has 0 aliphatic heterocycles. The fourth-order valence-electron chi connectivity index (χ4n) is 2.85. The Labute approximate surface area is 137 Å². The Kier molecular flexibility index (Phi) is 4.16. The molecule has 2 aromatic carbocycles. The van der Waals surface area contributed by atoms with E-state index >= 15 is 0 Å². The Hall–Kier alpha value is -2.95. The molecule has 0 amide bonds. The van der Waals surface area contributed by atoms with Crippen molar-refractivity contribution in [3.63, 3.8) is 0 Å². The molecule has 1 unspecified atom stereocenters. The van der Waals surface area contributed by atoms with Crippen LogP contribution in [0.3, 0.4) is 0 Å². The Balaban J connectivity index is 2.27. The molecule has 0 spiro atoms. The van der Waals surface area contributed by atoms with E-state index in [4.69, 9.17) is 4.42 Å². The van der Waals surface area contributed by atoms with Gasteiger partial charge < -0.3 is 9.52 Å². The second-order valence-corrected chi connectivity index (χ2v) is 5.66. The number of Topliss-reactive ketones (excluding diaryl/α,β-unsaturated/α-hetero) is 1. The number of para-hydroxylation sites is 1. The van der Waals surface area contributed by atoms with Crippen molar-refractivity contribution in [2.75, 3.05) is 0 Å². The first-order valence-electron chi connectivity index (χ1n) is 7.47. The van der Waals surface area contributed by atoms with Gasteiger partial charge in [0.25, 0.3) is 0 Å². The van der Waals surface area contributed by atoms with Crippen LogP contribution in [0.1, 0.15) is 30.4 Å². The summed E-state index contributed by atoms with van der Waals surface area (Å²) in [5.74, 6) is -1.68. The molecule has 0 saturated carbocycles. The second-order valence-electron chi connectivity index (χ2n) is 5.66. The normalized spacial score (nSPS) is 12.2. The molecular formula is C19H15FO4. The van der Waals surface area contributed by atoms with Crippen molar-refractivity contribution in [1.29, 1.82) is 0 Å². The zero-order valence-electron chi connectivity index (χ0n) is 13.0. The van der Waals surface area contributed by atoms with Crippen LogP contribution in [0.15, 0.2) is 57.7 Å². The molecule has 1 heterocycles. The van der Waals surface area contributed by atoms with Gasteiger partial charge in [0, 0.05) is 12.3 Å². The first-order valence-corrected chi connectivity index (χ1v) is 7.47. The maximum atomic E-state index is 13.6. The van der Waals surface area contributed by atoms with Gasteiger partial charge in [-0.05, 0) is 36.8 Å². The van der Waals surface area contributed by atoms with E-state index in [1.807, 2.05) is 0 Å². The molecule has 0 saturated heterocycles. The van der Waals surface area contributed by atoms with Crippen molar-refractivity contribution in [1.82, 2.24) is 0 Å². The zero-order chi connectivity index (χ0) is 17.3. The lowest BCUT2D eigenvalue weighted by atomic mass is 9.87. The summed E-state index contributed by atoms with van der Waals surface area (Å²) in [5, 5.41) is 11.0. The summed E-state index contributed by atoms with van der Waals surface area (Å²) < 4.78 is 18.9. The number of benzene rings is 2. The molecule has 1 N–H and O–H groups in total. The Morgan fingerprint density at radius 1 is 1.21 bits per heavy atom. The summed E-state index contributed by atoms with van der Waals surface area (Å²) >= 11 is 0. The average molecular weight is 326 g/mol. The predicted octanol–water partition coefficient (Wildman–Crippen LogP) is 3.75. The highest BCUT2D eigenvalue weighted by Gasteiger charge is 2.26. The van der Waals surface area contributed by atoms with Gasteiger partial charge in [0.2, 0.25) is 0 Å². The van der Waals surface area contributed by atoms with Crippen LogP contribution in [0, 0.1) is 5.82 Å². The third-order valence-corrected chi connectivity index (χ3v) is 3.91. The summed E-state index contributed by atoms with van der Waals surface area (Å²) in [6, 6.07) is 12.2. The van der Waals surface area contributed by atoms with Gasteiger partial charge in [-0.25, -0.2) is 9.18 Å². The van der Waals surface area contributed by atoms with Crippen LogP contribution in [-0.4, -0.2) is 10.9 Å². The van der Waals surface area contributed by atoms with Crippen molar-refractivity contribution in [3.05, 3.63) is 75.9 Å². The molecule has 122 valence electrons. The van der Waals surface area contributed by atoms with Gasteiger partial charge in [-0.15, -0.1) is 0 Å². The highest BCUT2D eigenvalue weighted by atomic mass is 19.1. The van der Waals surface area contributed by atoms with Crippen LogP contribution >= 0.6 is 0 Å². The van der Waals surface area contributed by atoms with Crippen LogP contribution in [0.4, 0.5) is 4.39 Å². The Morgan fingerprint density at radius 3 is 2.67 bits per heavy atom. The highest BCUT2D eigenvalue weighted by molar-refractivity contribution is 5.85. The number of carbonyl (C=O) groups excluding carboxylic acids is 1. The van der Waals surface area contributed by atoms with E-state index in [1.165, 1.54) is 25.1 Å². The first kappa shape index (κ1) is 15.9. The van der Waals surface area contributed by atoms with E-state index in [0.29, 0.717) is 10.9 Å². The quantitative estimate of drug-likeness (QED) is 0.742. The largest absolute Gasteiger partial charge is 0.507 e. The monoisotopic (exact) mass is 326 g/mol. The zero-order valence-corrected chi connectivity index (χ0v) is 13.0. The molecule has 0 aliphatic carbocycles. The third kappa shape index (κ3) is 2.93. The molecule has 0 fully saturated rings. The number of ketones is 1. The van der Waals surface area contributed by atoms with E-state index < -0.39 is 17.4 Å². The number of hydrogen-bond donors (Lipinski definition) is 1. The lowest BCUT2D eigenvalue weighted by molar-refractivity contribution is -0.117. The number of hydrogen-bond acceptors (Lipinski definition) is 4. The van der Waals surface area contributed by atoms with Crippen LogP contribution in [0.2, 0.25) is 0 Å². The number of carbonyl (C=O) groups is 1. The molecular weight excluding hydrogens is 311 g/mol. The van der Waals surface area contributed by atoms with E-state index in [2.05, 4.69) is 0 Å². The molecule has 1 aromatic heterocycles. The molecule has 0 radical (unpaired) electrons. The van der Waals surface area contributed by atoms with Crippen molar-refractivity contribution in [2.24, 2.45) is 0 Å². The first-order chi connectivity index (χ1) is 11.5. The predicted molar refractivity (Wildman–Crippen MR) is 87.7 cm³/mol. The van der Waals surface area contributed by atoms with Crippen LogP contribution in [0.5, 0.6) is 5.75 Å². The van der Waals surface area contributed by atoms with Gasteiger partial charge in [0.15, 0.2) is 0 Å².